The average Bonchev–Trinajstić information content (AvgIpc) is 3.64. The second-order valence-corrected chi connectivity index (χ2v) is 14.9. The van der Waals surface area contributed by atoms with Gasteiger partial charge in [-0.25, -0.2) is 9.59 Å². The summed E-state index contributed by atoms with van der Waals surface area (Å²) in [4.78, 5) is 31.4. The third kappa shape index (κ3) is 8.39. The van der Waals surface area contributed by atoms with Gasteiger partial charge in [0.1, 0.15) is 0 Å². The number of fused-ring (bicyclic) bond motifs is 3. The maximum Gasteiger partial charge on any atom is 0.317 e. The fourth-order valence-corrected chi connectivity index (χ4v) is 8.49. The van der Waals surface area contributed by atoms with Crippen LogP contribution in [0.5, 0.6) is 0 Å². The molecular formula is C43H48N6O2S. The molecule has 4 N–H and O–H groups in total. The highest BCUT2D eigenvalue weighted by atomic mass is 32.1. The lowest BCUT2D eigenvalue weighted by Crippen LogP contribution is -2.49. The molecule has 0 saturated carbocycles. The monoisotopic (exact) mass is 712 g/mol. The van der Waals surface area contributed by atoms with E-state index < -0.39 is 0 Å². The van der Waals surface area contributed by atoms with Crippen molar-refractivity contribution in [3.8, 4) is 10.4 Å². The van der Waals surface area contributed by atoms with Crippen LogP contribution in [0.25, 0.3) is 21.2 Å². The zero-order valence-corrected chi connectivity index (χ0v) is 30.7. The van der Waals surface area contributed by atoms with Gasteiger partial charge in [-0.3, -0.25) is 0 Å². The van der Waals surface area contributed by atoms with Gasteiger partial charge in [0.2, 0.25) is 0 Å². The first-order valence-corrected chi connectivity index (χ1v) is 19.1. The van der Waals surface area contributed by atoms with Gasteiger partial charge in [0, 0.05) is 75.4 Å². The molecule has 4 amide bonds. The normalized spacial score (nSPS) is 16.4. The Hall–Kier alpha value is -4.96. The highest BCUT2D eigenvalue weighted by molar-refractivity contribution is 7.13. The fourth-order valence-electron chi connectivity index (χ4n) is 7.51. The van der Waals surface area contributed by atoms with Crippen LogP contribution in [0, 0.1) is 0 Å². The lowest BCUT2D eigenvalue weighted by atomic mass is 9.95. The second kappa shape index (κ2) is 16.6. The molecule has 7 rings (SSSR count). The van der Waals surface area contributed by atoms with Crippen molar-refractivity contribution in [3.05, 3.63) is 142 Å². The van der Waals surface area contributed by atoms with Crippen LogP contribution >= 0.6 is 11.3 Å². The summed E-state index contributed by atoms with van der Waals surface area (Å²) in [5.74, 6) is 0. The molecule has 4 aromatic carbocycles. The van der Waals surface area contributed by atoms with Gasteiger partial charge in [-0.1, -0.05) is 78.9 Å². The molecule has 2 atom stereocenters. The molecule has 52 heavy (non-hydrogen) atoms. The van der Waals surface area contributed by atoms with Crippen molar-refractivity contribution in [1.29, 1.82) is 0 Å². The van der Waals surface area contributed by atoms with Crippen LogP contribution in [0.2, 0.25) is 0 Å². The molecule has 1 aromatic heterocycles. The van der Waals surface area contributed by atoms with E-state index in [1.165, 1.54) is 38.1 Å². The predicted molar refractivity (Wildman–Crippen MR) is 213 cm³/mol. The molecule has 3 heterocycles. The van der Waals surface area contributed by atoms with Gasteiger partial charge in [0.25, 0.3) is 0 Å². The van der Waals surface area contributed by atoms with Crippen LogP contribution < -0.4 is 21.3 Å². The van der Waals surface area contributed by atoms with Crippen molar-refractivity contribution < 1.29 is 9.59 Å². The molecule has 0 bridgehead atoms. The zero-order chi connectivity index (χ0) is 35.9. The van der Waals surface area contributed by atoms with Gasteiger partial charge in [-0.15, -0.1) is 17.9 Å². The van der Waals surface area contributed by atoms with Crippen molar-refractivity contribution in [1.82, 2.24) is 31.1 Å². The van der Waals surface area contributed by atoms with Crippen molar-refractivity contribution in [2.24, 2.45) is 0 Å². The molecule has 2 aliphatic heterocycles. The summed E-state index contributed by atoms with van der Waals surface area (Å²) < 4.78 is 0. The maximum atomic E-state index is 13.4. The summed E-state index contributed by atoms with van der Waals surface area (Å²) in [5.41, 5.74) is 8.78. The molecule has 2 aliphatic rings. The van der Waals surface area contributed by atoms with E-state index in [0.29, 0.717) is 39.1 Å². The van der Waals surface area contributed by atoms with E-state index in [4.69, 9.17) is 0 Å². The van der Waals surface area contributed by atoms with E-state index in [1.54, 1.807) is 22.3 Å². The van der Waals surface area contributed by atoms with E-state index in [9.17, 15) is 9.59 Å². The molecule has 9 heteroatoms. The Morgan fingerprint density at radius 3 is 2.27 bits per heavy atom. The lowest BCUT2D eigenvalue weighted by molar-refractivity contribution is 0.196. The number of thiophene rings is 1. The van der Waals surface area contributed by atoms with E-state index in [0.717, 1.165) is 42.4 Å². The summed E-state index contributed by atoms with van der Waals surface area (Å²) >= 11 is 1.72. The third-order valence-corrected chi connectivity index (χ3v) is 11.2. The number of hydrogen-bond donors (Lipinski definition) is 4. The second-order valence-electron chi connectivity index (χ2n) is 14.0. The largest absolute Gasteiger partial charge is 0.338 e. The first kappa shape index (κ1) is 35.4. The molecule has 5 aromatic rings. The molecule has 0 fully saturated rings. The zero-order valence-electron chi connectivity index (χ0n) is 29.9. The van der Waals surface area contributed by atoms with Crippen LogP contribution in [0.4, 0.5) is 9.59 Å². The molecular weight excluding hydrogens is 665 g/mol. The predicted octanol–water partition coefficient (Wildman–Crippen LogP) is 6.88. The van der Waals surface area contributed by atoms with Gasteiger partial charge in [0.15, 0.2) is 0 Å². The van der Waals surface area contributed by atoms with E-state index in [-0.39, 0.29) is 24.1 Å². The number of nitrogens with zero attached hydrogens (tertiary/aromatic N) is 2. The number of urea groups is 2. The number of benzene rings is 4. The number of amides is 4. The Balaban J connectivity index is 0.977. The first-order chi connectivity index (χ1) is 25.4. The van der Waals surface area contributed by atoms with E-state index in [1.807, 2.05) is 11.9 Å². The molecule has 0 saturated heterocycles. The Morgan fingerprint density at radius 2 is 1.52 bits per heavy atom. The molecule has 0 spiro atoms. The highest BCUT2D eigenvalue weighted by Crippen LogP contribution is 2.36. The van der Waals surface area contributed by atoms with Crippen molar-refractivity contribution in [2.75, 3.05) is 33.2 Å². The van der Waals surface area contributed by atoms with Gasteiger partial charge in [-0.05, 0) is 87.0 Å². The first-order valence-electron chi connectivity index (χ1n) is 18.3. The average molecular weight is 713 g/mol. The van der Waals surface area contributed by atoms with Gasteiger partial charge in [-0.2, -0.15) is 0 Å². The summed E-state index contributed by atoms with van der Waals surface area (Å²) in [6.07, 6.45) is 4.31. The Kier molecular flexibility index (Phi) is 11.3. The fraction of sp³-hybridized carbons (Fsp3) is 0.302. The third-order valence-electron chi connectivity index (χ3n) is 10.3. The topological polar surface area (TPSA) is 88.7 Å². The van der Waals surface area contributed by atoms with Crippen molar-refractivity contribution in [2.45, 2.75) is 51.0 Å². The smallest absolute Gasteiger partial charge is 0.317 e. The van der Waals surface area contributed by atoms with Gasteiger partial charge >= 0.3 is 12.1 Å². The quantitative estimate of drug-likeness (QED) is 0.106. The minimum Gasteiger partial charge on any atom is -0.338 e. The lowest BCUT2D eigenvalue weighted by Gasteiger charge is -2.31. The van der Waals surface area contributed by atoms with Gasteiger partial charge in [0.05, 0.1) is 0 Å². The molecule has 0 radical (unpaired) electrons. The van der Waals surface area contributed by atoms with Crippen LogP contribution in [-0.2, 0) is 38.9 Å². The Labute approximate surface area is 310 Å². The van der Waals surface area contributed by atoms with Crippen molar-refractivity contribution in [3.63, 3.8) is 0 Å². The Bertz CT molecular complexity index is 2040. The standard InChI is InChI=1S/C43H48N6O2S/c1-3-19-49(29-38-24-33-11-5-7-14-36(33)26-46-38)43(51)44-18-16-31-17-20-52-41(31)40-22-30(21-34-12-8-9-15-39(34)40)28-48(2)42(50)47-27-37-23-32-10-4-6-13-35(32)25-45-37/h3-15,17,20-22,37-38,45-46H,1,16,18-19,23-29H2,2H3,(H,44,51)(H,47,50). The number of carbonyl (C=O) groups is 2. The van der Waals surface area contributed by atoms with Crippen molar-refractivity contribution >= 4 is 34.2 Å². The minimum absolute atomic E-state index is 0.0739. The molecule has 8 nitrogen and oxygen atoms in total. The maximum absolute atomic E-state index is 13.4. The summed E-state index contributed by atoms with van der Waals surface area (Å²) in [6.45, 7) is 8.25. The summed E-state index contributed by atoms with van der Waals surface area (Å²) in [5, 5.41) is 17.9. The number of carbonyl (C=O) groups excluding carboxylic acids is 2. The van der Waals surface area contributed by atoms with Crippen LogP contribution in [0.1, 0.15) is 33.4 Å². The highest BCUT2D eigenvalue weighted by Gasteiger charge is 2.23. The SMILES string of the molecule is C=CCN(CC1Cc2ccccc2CN1)C(=O)NCCc1ccsc1-c1cc(CN(C)C(=O)NCC2Cc3ccccc3CN2)cc2ccccc12. The summed E-state index contributed by atoms with van der Waals surface area (Å²) in [7, 11) is 1.85. The van der Waals surface area contributed by atoms with Crippen LogP contribution in [-0.4, -0.2) is 67.2 Å². The van der Waals surface area contributed by atoms with Gasteiger partial charge < -0.3 is 31.1 Å². The number of nitrogens with one attached hydrogen (secondary N) is 4. The molecule has 268 valence electrons. The van der Waals surface area contributed by atoms with Crippen LogP contribution in [0.3, 0.4) is 0 Å². The van der Waals surface area contributed by atoms with E-state index >= 15 is 0 Å². The minimum atomic E-state index is -0.0856. The summed E-state index contributed by atoms with van der Waals surface area (Å²) in [6, 6.07) is 32.2. The number of hydrogen-bond acceptors (Lipinski definition) is 5. The number of rotatable bonds is 12. The molecule has 0 aliphatic carbocycles. The molecule has 2 unspecified atom stereocenters. The van der Waals surface area contributed by atoms with E-state index in [2.05, 4.69) is 124 Å². The van der Waals surface area contributed by atoms with Crippen LogP contribution in [0.15, 0.2) is 109 Å². The Morgan fingerprint density at radius 1 is 0.846 bits per heavy atom.